The number of carbonyl (C=O) groups is 1. The Morgan fingerprint density at radius 2 is 1.83 bits per heavy atom. The molecule has 0 radical (unpaired) electrons. The van der Waals surface area contributed by atoms with Gasteiger partial charge in [0.1, 0.15) is 5.82 Å². The topological polar surface area (TPSA) is 82.2 Å². The van der Waals surface area contributed by atoms with E-state index in [1.807, 2.05) is 36.4 Å². The van der Waals surface area contributed by atoms with E-state index in [1.54, 1.807) is 29.0 Å². The number of urea groups is 1. The molecule has 1 saturated carbocycles. The van der Waals surface area contributed by atoms with Crippen molar-refractivity contribution in [2.45, 2.75) is 37.5 Å². The molecule has 1 aliphatic carbocycles. The van der Waals surface area contributed by atoms with E-state index in [1.165, 1.54) is 14.1 Å². The first-order chi connectivity index (χ1) is 17.1. The number of benzene rings is 2. The van der Waals surface area contributed by atoms with E-state index in [9.17, 15) is 13.2 Å². The number of nitrogens with one attached hydrogen (secondary N) is 1. The maximum Gasteiger partial charge on any atom is 0.320 e. The number of nitrogens with zero attached hydrogens (tertiary/aromatic N) is 3. The zero-order valence-corrected chi connectivity index (χ0v) is 21.7. The van der Waals surface area contributed by atoms with Gasteiger partial charge in [-0.05, 0) is 30.4 Å². The minimum Gasteiger partial charge on any atom is -0.378 e. The highest BCUT2D eigenvalue weighted by atomic mass is 32.2. The van der Waals surface area contributed by atoms with Crippen LogP contribution in [0, 0.1) is 11.2 Å². The highest BCUT2D eigenvalue weighted by Gasteiger charge is 2.62. The van der Waals surface area contributed by atoms with Crippen LogP contribution in [0.2, 0.25) is 0 Å². The number of ether oxygens (including phenoxy) is 1. The summed E-state index contributed by atoms with van der Waals surface area (Å²) in [6.07, 6.45) is 1.86. The molecular formula is C26H33FN4O4S. The molecule has 2 aliphatic heterocycles. The van der Waals surface area contributed by atoms with Crippen LogP contribution in [0.15, 0.2) is 48.5 Å². The molecule has 0 bridgehead atoms. The molecule has 5 rings (SSSR count). The average Bonchev–Trinajstić information content (AvgIpc) is 3.55. The molecule has 2 amide bonds. The Bertz CT molecular complexity index is 1230. The lowest BCUT2D eigenvalue weighted by molar-refractivity contribution is -0.0166. The largest absolute Gasteiger partial charge is 0.378 e. The summed E-state index contributed by atoms with van der Waals surface area (Å²) < 4.78 is 50.9. The smallest absolute Gasteiger partial charge is 0.320 e. The van der Waals surface area contributed by atoms with Crippen LogP contribution in [0.5, 0.6) is 0 Å². The number of halogens is 1. The quantitative estimate of drug-likeness (QED) is 0.614. The minimum absolute atomic E-state index is 0.00734. The van der Waals surface area contributed by atoms with Gasteiger partial charge in [0, 0.05) is 38.7 Å². The van der Waals surface area contributed by atoms with Crippen LogP contribution < -0.4 is 4.72 Å². The summed E-state index contributed by atoms with van der Waals surface area (Å²) in [6, 6.07) is 13.4. The molecule has 1 spiro atoms. The predicted octanol–water partition coefficient (Wildman–Crippen LogP) is 2.71. The van der Waals surface area contributed by atoms with Crippen LogP contribution in [0.1, 0.15) is 18.4 Å². The lowest BCUT2D eigenvalue weighted by atomic mass is 9.91. The molecule has 1 N–H and O–H groups in total. The van der Waals surface area contributed by atoms with Gasteiger partial charge in [0.2, 0.25) is 0 Å². The Labute approximate surface area is 212 Å². The van der Waals surface area contributed by atoms with Crippen molar-refractivity contribution in [3.8, 4) is 11.1 Å². The van der Waals surface area contributed by atoms with Crippen molar-refractivity contribution in [1.82, 2.24) is 18.8 Å². The van der Waals surface area contributed by atoms with Gasteiger partial charge in [0.05, 0.1) is 31.3 Å². The van der Waals surface area contributed by atoms with Crippen molar-refractivity contribution in [3.05, 3.63) is 59.9 Å². The van der Waals surface area contributed by atoms with Crippen LogP contribution in [-0.4, -0.2) is 87.6 Å². The van der Waals surface area contributed by atoms with Gasteiger partial charge >= 0.3 is 6.03 Å². The number of hydrogen-bond acceptors (Lipinski definition) is 4. The molecule has 0 aromatic heterocycles. The minimum atomic E-state index is -3.75. The number of likely N-dealkylation sites (tertiary alicyclic amines) is 2. The zero-order chi connectivity index (χ0) is 25.7. The molecular weight excluding hydrogens is 483 g/mol. The molecule has 2 atom stereocenters. The molecule has 3 aliphatic rings. The number of amides is 2. The summed E-state index contributed by atoms with van der Waals surface area (Å²) in [5.41, 5.74) is 1.39. The first-order valence-corrected chi connectivity index (χ1v) is 13.7. The third-order valence-corrected chi connectivity index (χ3v) is 9.38. The lowest BCUT2D eigenvalue weighted by Gasteiger charge is -2.42. The van der Waals surface area contributed by atoms with E-state index >= 15 is 4.39 Å². The third-order valence-electron chi connectivity index (χ3n) is 7.87. The number of methoxy groups -OCH3 is 1. The second-order valence-electron chi connectivity index (χ2n) is 10.3. The predicted molar refractivity (Wildman–Crippen MR) is 135 cm³/mol. The Morgan fingerprint density at radius 3 is 2.44 bits per heavy atom. The summed E-state index contributed by atoms with van der Waals surface area (Å²) in [5, 5.41) is 0. The summed E-state index contributed by atoms with van der Waals surface area (Å²) in [7, 11) is 0.819. The zero-order valence-electron chi connectivity index (χ0n) is 20.9. The second kappa shape index (κ2) is 9.41. The van der Waals surface area contributed by atoms with Gasteiger partial charge in [0.25, 0.3) is 10.2 Å². The average molecular weight is 517 g/mol. The summed E-state index contributed by atoms with van der Waals surface area (Å²) in [6.45, 7) is 1.44. The fourth-order valence-corrected chi connectivity index (χ4v) is 6.35. The van der Waals surface area contributed by atoms with Gasteiger partial charge in [-0.1, -0.05) is 48.5 Å². The molecule has 2 heterocycles. The van der Waals surface area contributed by atoms with Crippen molar-refractivity contribution in [2.24, 2.45) is 5.41 Å². The van der Waals surface area contributed by atoms with Crippen molar-refractivity contribution >= 4 is 16.2 Å². The Hall–Kier alpha value is -2.53. The Kier molecular flexibility index (Phi) is 6.57. The van der Waals surface area contributed by atoms with Gasteiger partial charge < -0.3 is 14.5 Å². The molecule has 2 aromatic rings. The maximum atomic E-state index is 15.8. The van der Waals surface area contributed by atoms with Crippen molar-refractivity contribution in [3.63, 3.8) is 0 Å². The third kappa shape index (κ3) is 4.51. The number of rotatable bonds is 7. The molecule has 10 heteroatoms. The number of hydrogen-bond donors (Lipinski definition) is 1. The van der Waals surface area contributed by atoms with Crippen LogP contribution in [0.3, 0.4) is 0 Å². The molecule has 36 heavy (non-hydrogen) atoms. The summed E-state index contributed by atoms with van der Waals surface area (Å²) >= 11 is 0. The van der Waals surface area contributed by atoms with E-state index in [0.717, 1.165) is 22.7 Å². The van der Waals surface area contributed by atoms with Gasteiger partial charge in [-0.3, -0.25) is 0 Å². The van der Waals surface area contributed by atoms with E-state index < -0.39 is 22.3 Å². The fourth-order valence-electron chi connectivity index (χ4n) is 5.41. The molecule has 2 aromatic carbocycles. The van der Waals surface area contributed by atoms with Gasteiger partial charge in [-0.25, -0.2) is 9.18 Å². The number of carbonyl (C=O) groups excluding carboxylic acids is 1. The normalized spacial score (nSPS) is 23.4. The van der Waals surface area contributed by atoms with Crippen molar-refractivity contribution in [2.75, 3.05) is 40.8 Å². The lowest BCUT2D eigenvalue weighted by Crippen LogP contribution is -2.60. The Morgan fingerprint density at radius 1 is 1.14 bits per heavy atom. The molecule has 0 unspecified atom stereocenters. The molecule has 3 fully saturated rings. The first-order valence-electron chi connectivity index (χ1n) is 12.3. The van der Waals surface area contributed by atoms with E-state index in [2.05, 4.69) is 4.72 Å². The van der Waals surface area contributed by atoms with E-state index in [0.29, 0.717) is 30.8 Å². The molecule has 2 saturated heterocycles. The summed E-state index contributed by atoms with van der Waals surface area (Å²) in [5.74, 6) is -0.342. The monoisotopic (exact) mass is 516 g/mol. The van der Waals surface area contributed by atoms with E-state index in [-0.39, 0.29) is 29.8 Å². The highest BCUT2D eigenvalue weighted by molar-refractivity contribution is 7.87. The molecule has 8 nitrogen and oxygen atoms in total. The molecule has 194 valence electrons. The van der Waals surface area contributed by atoms with Crippen LogP contribution in [0.25, 0.3) is 11.1 Å². The van der Waals surface area contributed by atoms with Gasteiger partial charge in [-0.2, -0.15) is 17.4 Å². The second-order valence-corrected chi connectivity index (χ2v) is 12.3. The standard InChI is InChI=1S/C26H33FN4O4S/c1-29(2)36(33,34)28-24-22(14-19-10-7-11-21(23(19)27)18-8-5-4-6-9-18)31(17-26(24)12-13-26)25(32)30-15-20(16-30)35-3/h4-11,20,22,24,28H,12-17H2,1-3H3/t22-,24+/m0/s1. The highest BCUT2D eigenvalue weighted by Crippen LogP contribution is 2.56. The SMILES string of the molecule is COC1CN(C(=O)N2CC3(CC3)[C@H](NS(=O)(=O)N(C)C)[C@@H]2Cc2cccc(-c3ccccc3)c2F)C1. The van der Waals surface area contributed by atoms with Crippen molar-refractivity contribution in [1.29, 1.82) is 0 Å². The van der Waals surface area contributed by atoms with Crippen LogP contribution >= 0.6 is 0 Å². The fraction of sp³-hybridized carbons (Fsp3) is 0.500. The van der Waals surface area contributed by atoms with Crippen molar-refractivity contribution < 1.29 is 22.3 Å². The Balaban J connectivity index is 1.49. The first kappa shape index (κ1) is 25.1. The van der Waals surface area contributed by atoms with E-state index in [4.69, 9.17) is 4.74 Å². The maximum absolute atomic E-state index is 15.8. The van der Waals surface area contributed by atoms with Gasteiger partial charge in [-0.15, -0.1) is 0 Å². The van der Waals surface area contributed by atoms with Gasteiger partial charge in [0.15, 0.2) is 0 Å². The van der Waals surface area contributed by atoms with Crippen LogP contribution in [-0.2, 0) is 21.4 Å². The summed E-state index contributed by atoms with van der Waals surface area (Å²) in [4.78, 5) is 17.0. The van der Waals surface area contributed by atoms with Crippen LogP contribution in [0.4, 0.5) is 9.18 Å².